The van der Waals surface area contributed by atoms with Crippen LogP contribution in [-0.2, 0) is 4.79 Å². The standard InChI is InChI=1S/C12H16O2/c1-11(7-4-9-13)5-3-6-12(2)8-10-14/h3-9,14H,10H2,1-2H3/b6-3+,7-4+,11-5+,12-8+. The molecule has 0 bridgehead atoms. The van der Waals surface area contributed by atoms with Crippen LogP contribution in [0.15, 0.2) is 47.6 Å². The number of aliphatic hydroxyl groups is 1. The van der Waals surface area contributed by atoms with Gasteiger partial charge in [0, 0.05) is 0 Å². The zero-order chi connectivity index (χ0) is 10.8. The summed E-state index contributed by atoms with van der Waals surface area (Å²) in [6, 6.07) is 0. The second-order valence-corrected chi connectivity index (χ2v) is 2.90. The van der Waals surface area contributed by atoms with Gasteiger partial charge in [-0.2, -0.15) is 0 Å². The van der Waals surface area contributed by atoms with Crippen LogP contribution in [0.5, 0.6) is 0 Å². The molecule has 0 aliphatic heterocycles. The lowest BCUT2D eigenvalue weighted by atomic mass is 10.2. The van der Waals surface area contributed by atoms with Crippen LogP contribution in [0.2, 0.25) is 0 Å². The fourth-order valence-electron chi connectivity index (χ4n) is 0.810. The minimum Gasteiger partial charge on any atom is -0.392 e. The Morgan fingerprint density at radius 3 is 2.36 bits per heavy atom. The van der Waals surface area contributed by atoms with Crippen molar-refractivity contribution < 1.29 is 9.90 Å². The predicted octanol–water partition coefficient (Wildman–Crippen LogP) is 2.18. The van der Waals surface area contributed by atoms with Crippen LogP contribution in [-0.4, -0.2) is 18.0 Å². The van der Waals surface area contributed by atoms with Crippen LogP contribution >= 0.6 is 0 Å². The summed E-state index contributed by atoms with van der Waals surface area (Å²) >= 11 is 0. The van der Waals surface area contributed by atoms with Crippen LogP contribution in [0.4, 0.5) is 0 Å². The molecule has 76 valence electrons. The molecule has 0 heterocycles. The van der Waals surface area contributed by atoms with Gasteiger partial charge in [-0.25, -0.2) is 0 Å². The van der Waals surface area contributed by atoms with E-state index in [2.05, 4.69) is 0 Å². The van der Waals surface area contributed by atoms with E-state index in [1.54, 1.807) is 12.2 Å². The highest BCUT2D eigenvalue weighted by molar-refractivity contribution is 5.65. The Bertz CT molecular complexity index is 281. The molecule has 14 heavy (non-hydrogen) atoms. The van der Waals surface area contributed by atoms with Gasteiger partial charge in [-0.3, -0.25) is 4.79 Å². The second-order valence-electron chi connectivity index (χ2n) is 2.90. The van der Waals surface area contributed by atoms with Crippen molar-refractivity contribution in [3.8, 4) is 0 Å². The van der Waals surface area contributed by atoms with Crippen molar-refractivity contribution in [2.45, 2.75) is 13.8 Å². The number of aliphatic hydroxyl groups excluding tert-OH is 1. The van der Waals surface area contributed by atoms with E-state index in [-0.39, 0.29) is 6.61 Å². The largest absolute Gasteiger partial charge is 0.392 e. The molecule has 0 aliphatic carbocycles. The minimum absolute atomic E-state index is 0.0594. The van der Waals surface area contributed by atoms with Crippen molar-refractivity contribution >= 4 is 6.29 Å². The first-order valence-corrected chi connectivity index (χ1v) is 4.45. The fraction of sp³-hybridized carbons (Fsp3) is 0.250. The number of hydrogen-bond donors (Lipinski definition) is 1. The van der Waals surface area contributed by atoms with Crippen LogP contribution in [0, 0.1) is 0 Å². The molecule has 0 fully saturated rings. The molecule has 0 rings (SSSR count). The summed E-state index contributed by atoms with van der Waals surface area (Å²) in [5.41, 5.74) is 2.01. The summed E-state index contributed by atoms with van der Waals surface area (Å²) in [4.78, 5) is 10.0. The maximum absolute atomic E-state index is 10.0. The highest BCUT2D eigenvalue weighted by atomic mass is 16.2. The average molecular weight is 192 g/mol. The molecule has 0 saturated heterocycles. The molecule has 2 heteroatoms. The predicted molar refractivity (Wildman–Crippen MR) is 58.9 cm³/mol. The van der Waals surface area contributed by atoms with Gasteiger partial charge < -0.3 is 5.11 Å². The molecule has 0 atom stereocenters. The molecular formula is C12H16O2. The van der Waals surface area contributed by atoms with E-state index < -0.39 is 0 Å². The first-order chi connectivity index (χ1) is 6.70. The molecule has 0 unspecified atom stereocenters. The Morgan fingerprint density at radius 1 is 1.14 bits per heavy atom. The third kappa shape index (κ3) is 7.25. The van der Waals surface area contributed by atoms with E-state index in [9.17, 15) is 4.79 Å². The number of carbonyl (C=O) groups excluding carboxylic acids is 1. The van der Waals surface area contributed by atoms with Crippen LogP contribution in [0.1, 0.15) is 13.8 Å². The zero-order valence-corrected chi connectivity index (χ0v) is 8.60. The van der Waals surface area contributed by atoms with Crippen molar-refractivity contribution in [2.75, 3.05) is 6.61 Å². The average Bonchev–Trinajstić information content (AvgIpc) is 2.15. The lowest BCUT2D eigenvalue weighted by molar-refractivity contribution is -0.104. The molecule has 0 aliphatic rings. The number of carbonyl (C=O) groups is 1. The van der Waals surface area contributed by atoms with Crippen molar-refractivity contribution in [1.82, 2.24) is 0 Å². The normalized spacial score (nSPS) is 14.2. The van der Waals surface area contributed by atoms with Gasteiger partial charge in [-0.05, 0) is 19.9 Å². The van der Waals surface area contributed by atoms with E-state index in [1.165, 1.54) is 6.08 Å². The summed E-state index contributed by atoms with van der Waals surface area (Å²) in [7, 11) is 0. The maximum Gasteiger partial charge on any atom is 0.142 e. The van der Waals surface area contributed by atoms with Crippen molar-refractivity contribution in [1.29, 1.82) is 0 Å². The molecule has 0 aromatic carbocycles. The molecule has 0 aromatic rings. The second kappa shape index (κ2) is 8.20. The molecule has 0 amide bonds. The number of rotatable bonds is 5. The molecule has 1 N–H and O–H groups in total. The SMILES string of the molecule is CC(/C=C/C=O)=C\C=C\C(C)=C\CO. The van der Waals surface area contributed by atoms with Crippen LogP contribution < -0.4 is 0 Å². The van der Waals surface area contributed by atoms with Gasteiger partial charge in [0.15, 0.2) is 0 Å². The smallest absolute Gasteiger partial charge is 0.142 e. The third-order valence-corrected chi connectivity index (χ3v) is 1.57. The summed E-state index contributed by atoms with van der Waals surface area (Å²) in [6.45, 7) is 3.89. The van der Waals surface area contributed by atoms with Gasteiger partial charge in [0.2, 0.25) is 0 Å². The van der Waals surface area contributed by atoms with Crippen LogP contribution in [0.25, 0.3) is 0 Å². The highest BCUT2D eigenvalue weighted by Gasteiger charge is 1.79. The number of hydrogen-bond acceptors (Lipinski definition) is 2. The van der Waals surface area contributed by atoms with Gasteiger partial charge >= 0.3 is 0 Å². The Morgan fingerprint density at radius 2 is 1.79 bits per heavy atom. The monoisotopic (exact) mass is 192 g/mol. The zero-order valence-electron chi connectivity index (χ0n) is 8.60. The molecule has 0 aromatic heterocycles. The minimum atomic E-state index is 0.0594. The van der Waals surface area contributed by atoms with Gasteiger partial charge in [0.1, 0.15) is 6.29 Å². The lowest BCUT2D eigenvalue weighted by Gasteiger charge is -1.89. The van der Waals surface area contributed by atoms with Gasteiger partial charge in [0.25, 0.3) is 0 Å². The summed E-state index contributed by atoms with van der Waals surface area (Å²) in [5.74, 6) is 0. The third-order valence-electron chi connectivity index (χ3n) is 1.57. The van der Waals surface area contributed by atoms with E-state index in [0.29, 0.717) is 0 Å². The summed E-state index contributed by atoms with van der Waals surface area (Å²) in [6.07, 6.45) is 11.3. The molecule has 2 nitrogen and oxygen atoms in total. The fourth-order valence-corrected chi connectivity index (χ4v) is 0.810. The first kappa shape index (κ1) is 12.6. The molecule has 0 saturated carbocycles. The van der Waals surface area contributed by atoms with E-state index >= 15 is 0 Å². The maximum atomic E-state index is 10.0. The van der Waals surface area contributed by atoms with Crippen molar-refractivity contribution in [3.05, 3.63) is 47.6 Å². The molecule has 0 spiro atoms. The summed E-state index contributed by atoms with van der Waals surface area (Å²) in [5, 5.41) is 8.59. The van der Waals surface area contributed by atoms with Crippen molar-refractivity contribution in [3.63, 3.8) is 0 Å². The Balaban J connectivity index is 4.20. The highest BCUT2D eigenvalue weighted by Crippen LogP contribution is 1.98. The number of aldehydes is 1. The molecule has 0 radical (unpaired) electrons. The lowest BCUT2D eigenvalue weighted by Crippen LogP contribution is -1.75. The van der Waals surface area contributed by atoms with Gasteiger partial charge in [-0.1, -0.05) is 41.5 Å². The Hall–Kier alpha value is -1.41. The quantitative estimate of drug-likeness (QED) is 0.412. The molecular weight excluding hydrogens is 176 g/mol. The number of allylic oxidation sites excluding steroid dienone is 7. The van der Waals surface area contributed by atoms with Gasteiger partial charge in [-0.15, -0.1) is 0 Å². The Kier molecular flexibility index (Phi) is 7.37. The van der Waals surface area contributed by atoms with Gasteiger partial charge in [0.05, 0.1) is 6.61 Å². The van der Waals surface area contributed by atoms with E-state index in [0.717, 1.165) is 17.4 Å². The first-order valence-electron chi connectivity index (χ1n) is 4.45. The van der Waals surface area contributed by atoms with E-state index in [4.69, 9.17) is 5.11 Å². The van der Waals surface area contributed by atoms with Crippen LogP contribution in [0.3, 0.4) is 0 Å². The topological polar surface area (TPSA) is 37.3 Å². The Labute approximate surface area is 85.0 Å². The van der Waals surface area contributed by atoms with Crippen molar-refractivity contribution in [2.24, 2.45) is 0 Å². The van der Waals surface area contributed by atoms with E-state index in [1.807, 2.05) is 32.1 Å². The summed E-state index contributed by atoms with van der Waals surface area (Å²) < 4.78 is 0.